The summed E-state index contributed by atoms with van der Waals surface area (Å²) in [5.41, 5.74) is 5.80. The van der Waals surface area contributed by atoms with E-state index in [2.05, 4.69) is 24.8 Å². The van der Waals surface area contributed by atoms with Crippen LogP contribution in [0.4, 0.5) is 11.6 Å². The second-order valence-electron chi connectivity index (χ2n) is 4.89. The first-order valence-corrected chi connectivity index (χ1v) is 6.65. The number of nitrogens with two attached hydrogens (primary N) is 1. The monoisotopic (exact) mass is 258 g/mol. The van der Waals surface area contributed by atoms with Gasteiger partial charge in [-0.3, -0.25) is 0 Å². The van der Waals surface area contributed by atoms with Gasteiger partial charge in [-0.05, 0) is 19.3 Å². The van der Waals surface area contributed by atoms with E-state index >= 15 is 0 Å². The summed E-state index contributed by atoms with van der Waals surface area (Å²) in [5.74, 6) is 2.79. The first-order valence-electron chi connectivity index (χ1n) is 6.65. The minimum Gasteiger partial charge on any atom is -0.384 e. The van der Waals surface area contributed by atoms with E-state index in [-0.39, 0.29) is 0 Å². The number of hydrogen-bond acceptors (Lipinski definition) is 5. The van der Waals surface area contributed by atoms with Crippen LogP contribution in [0.1, 0.15) is 31.0 Å². The van der Waals surface area contributed by atoms with Gasteiger partial charge in [-0.15, -0.1) is 0 Å². The summed E-state index contributed by atoms with van der Waals surface area (Å²) < 4.78 is 2.06. The summed E-state index contributed by atoms with van der Waals surface area (Å²) >= 11 is 0. The zero-order valence-electron chi connectivity index (χ0n) is 10.8. The third-order valence-corrected chi connectivity index (χ3v) is 3.16. The average molecular weight is 258 g/mol. The Morgan fingerprint density at radius 3 is 3.00 bits per heavy atom. The molecule has 0 aliphatic heterocycles. The van der Waals surface area contributed by atoms with Crippen molar-refractivity contribution in [2.75, 3.05) is 17.6 Å². The van der Waals surface area contributed by atoms with Gasteiger partial charge in [0.25, 0.3) is 0 Å². The fourth-order valence-electron chi connectivity index (χ4n) is 2.00. The smallest absolute Gasteiger partial charge is 0.136 e. The SMILES string of the molecule is Nc1cc(NCCCn2ccnc2)nc(C2CC2)n1. The van der Waals surface area contributed by atoms with Gasteiger partial charge in [-0.2, -0.15) is 0 Å². The number of rotatable bonds is 6. The van der Waals surface area contributed by atoms with E-state index in [1.165, 1.54) is 12.8 Å². The number of hydrogen-bond donors (Lipinski definition) is 2. The highest BCUT2D eigenvalue weighted by atomic mass is 15.1. The molecular formula is C13H18N6. The topological polar surface area (TPSA) is 81.6 Å². The molecule has 2 aromatic heterocycles. The predicted molar refractivity (Wildman–Crippen MR) is 73.8 cm³/mol. The second-order valence-corrected chi connectivity index (χ2v) is 4.89. The van der Waals surface area contributed by atoms with Crippen molar-refractivity contribution in [1.29, 1.82) is 0 Å². The lowest BCUT2D eigenvalue weighted by atomic mass is 10.3. The Morgan fingerprint density at radius 2 is 2.26 bits per heavy atom. The summed E-state index contributed by atoms with van der Waals surface area (Å²) in [6, 6.07) is 1.79. The average Bonchev–Trinajstić information content (AvgIpc) is 3.12. The Hall–Kier alpha value is -2.11. The highest BCUT2D eigenvalue weighted by Crippen LogP contribution is 2.38. The molecule has 1 saturated carbocycles. The van der Waals surface area contributed by atoms with Crippen LogP contribution in [0.5, 0.6) is 0 Å². The highest BCUT2D eigenvalue weighted by molar-refractivity contribution is 5.45. The van der Waals surface area contributed by atoms with Gasteiger partial charge in [0.05, 0.1) is 6.33 Å². The van der Waals surface area contributed by atoms with Gasteiger partial charge >= 0.3 is 0 Å². The summed E-state index contributed by atoms with van der Waals surface area (Å²) in [5, 5.41) is 3.31. The number of nitrogens with one attached hydrogen (secondary N) is 1. The third kappa shape index (κ3) is 3.21. The lowest BCUT2D eigenvalue weighted by Crippen LogP contribution is -2.09. The van der Waals surface area contributed by atoms with Gasteiger partial charge in [-0.1, -0.05) is 0 Å². The molecule has 2 aromatic rings. The van der Waals surface area contributed by atoms with Gasteiger partial charge in [0, 0.05) is 37.5 Å². The molecule has 6 heteroatoms. The van der Waals surface area contributed by atoms with E-state index in [0.717, 1.165) is 31.2 Å². The molecule has 0 spiro atoms. The van der Waals surface area contributed by atoms with E-state index < -0.39 is 0 Å². The van der Waals surface area contributed by atoms with Crippen molar-refractivity contribution < 1.29 is 0 Å². The summed E-state index contributed by atoms with van der Waals surface area (Å²) in [6.45, 7) is 1.81. The number of nitrogen functional groups attached to an aromatic ring is 1. The molecule has 0 saturated heterocycles. The number of aryl methyl sites for hydroxylation is 1. The zero-order valence-corrected chi connectivity index (χ0v) is 10.8. The van der Waals surface area contributed by atoms with Crippen LogP contribution in [0.2, 0.25) is 0 Å². The zero-order chi connectivity index (χ0) is 13.1. The van der Waals surface area contributed by atoms with Gasteiger partial charge in [-0.25, -0.2) is 15.0 Å². The van der Waals surface area contributed by atoms with Crippen LogP contribution >= 0.6 is 0 Å². The molecule has 1 aliphatic carbocycles. The van der Waals surface area contributed by atoms with Gasteiger partial charge in [0.2, 0.25) is 0 Å². The summed E-state index contributed by atoms with van der Waals surface area (Å²) in [6.07, 6.45) is 8.97. The fraction of sp³-hybridized carbons (Fsp3) is 0.462. The highest BCUT2D eigenvalue weighted by Gasteiger charge is 2.27. The molecule has 0 bridgehead atoms. The number of nitrogens with zero attached hydrogens (tertiary/aromatic N) is 4. The maximum absolute atomic E-state index is 5.80. The lowest BCUT2D eigenvalue weighted by molar-refractivity contribution is 0.660. The number of imidazole rings is 1. The molecule has 0 atom stereocenters. The first kappa shape index (κ1) is 12.0. The van der Waals surface area contributed by atoms with Gasteiger partial charge in [0.15, 0.2) is 0 Å². The normalized spacial score (nSPS) is 14.5. The van der Waals surface area contributed by atoms with Crippen molar-refractivity contribution in [1.82, 2.24) is 19.5 Å². The van der Waals surface area contributed by atoms with E-state index in [1.54, 1.807) is 12.3 Å². The molecule has 0 aromatic carbocycles. The van der Waals surface area contributed by atoms with Crippen molar-refractivity contribution >= 4 is 11.6 Å². The second kappa shape index (κ2) is 5.26. The predicted octanol–water partition coefficient (Wildman–Crippen LogP) is 1.63. The minimum absolute atomic E-state index is 0.523. The largest absolute Gasteiger partial charge is 0.384 e. The number of anilines is 2. The maximum Gasteiger partial charge on any atom is 0.136 e. The summed E-state index contributed by atoms with van der Waals surface area (Å²) in [4.78, 5) is 12.8. The van der Waals surface area contributed by atoms with E-state index in [4.69, 9.17) is 5.73 Å². The van der Waals surface area contributed by atoms with E-state index in [0.29, 0.717) is 11.7 Å². The van der Waals surface area contributed by atoms with Crippen molar-refractivity contribution in [3.63, 3.8) is 0 Å². The molecule has 19 heavy (non-hydrogen) atoms. The van der Waals surface area contributed by atoms with Gasteiger partial charge in [0.1, 0.15) is 17.5 Å². The van der Waals surface area contributed by atoms with Crippen LogP contribution in [0, 0.1) is 0 Å². The molecule has 0 unspecified atom stereocenters. The Kier molecular flexibility index (Phi) is 3.31. The Labute approximate surface area is 112 Å². The maximum atomic E-state index is 5.80. The van der Waals surface area contributed by atoms with Crippen molar-refractivity contribution in [2.24, 2.45) is 0 Å². The molecule has 2 heterocycles. The van der Waals surface area contributed by atoms with Crippen LogP contribution in [-0.2, 0) is 6.54 Å². The molecule has 3 N–H and O–H groups in total. The van der Waals surface area contributed by atoms with Crippen LogP contribution in [0.15, 0.2) is 24.8 Å². The molecule has 1 fully saturated rings. The molecule has 100 valence electrons. The van der Waals surface area contributed by atoms with Crippen molar-refractivity contribution in [3.8, 4) is 0 Å². The lowest BCUT2D eigenvalue weighted by Gasteiger charge is -2.08. The molecule has 1 aliphatic rings. The molecule has 3 rings (SSSR count). The summed E-state index contributed by atoms with van der Waals surface area (Å²) in [7, 11) is 0. The Bertz CT molecular complexity index is 532. The van der Waals surface area contributed by atoms with Crippen molar-refractivity contribution in [2.45, 2.75) is 31.7 Å². The van der Waals surface area contributed by atoms with E-state index in [1.807, 2.05) is 12.5 Å². The fourth-order valence-corrected chi connectivity index (χ4v) is 2.00. The van der Waals surface area contributed by atoms with Crippen LogP contribution in [0.25, 0.3) is 0 Å². The Morgan fingerprint density at radius 1 is 1.37 bits per heavy atom. The van der Waals surface area contributed by atoms with Crippen LogP contribution in [0.3, 0.4) is 0 Å². The van der Waals surface area contributed by atoms with Crippen molar-refractivity contribution in [3.05, 3.63) is 30.6 Å². The van der Waals surface area contributed by atoms with Crippen LogP contribution in [-0.4, -0.2) is 26.1 Å². The molecule has 0 radical (unpaired) electrons. The third-order valence-electron chi connectivity index (χ3n) is 3.16. The Balaban J connectivity index is 1.51. The first-order chi connectivity index (χ1) is 9.31. The van der Waals surface area contributed by atoms with Gasteiger partial charge < -0.3 is 15.6 Å². The minimum atomic E-state index is 0.523. The van der Waals surface area contributed by atoms with E-state index in [9.17, 15) is 0 Å². The standard InChI is InChI=1S/C13H18N6/c14-11-8-12(18-13(17-11)10-2-3-10)16-4-1-6-19-7-5-15-9-19/h5,7-10H,1-4,6H2,(H3,14,16,17,18). The molecule has 0 amide bonds. The number of aromatic nitrogens is 4. The molecule has 6 nitrogen and oxygen atoms in total. The quantitative estimate of drug-likeness (QED) is 0.770. The van der Waals surface area contributed by atoms with Crippen LogP contribution < -0.4 is 11.1 Å². The molecular weight excluding hydrogens is 240 g/mol.